The Morgan fingerprint density at radius 3 is 2.64 bits per heavy atom. The zero-order valence-electron chi connectivity index (χ0n) is 7.64. The summed E-state index contributed by atoms with van der Waals surface area (Å²) in [6, 6.07) is 0. The molecule has 0 nitrogen and oxygen atoms in total. The zero-order chi connectivity index (χ0) is 7.64. The topological polar surface area (TPSA) is 0 Å². The molecule has 3 saturated carbocycles. The fraction of sp³-hybridized carbons (Fsp3) is 1.00. The molecule has 0 saturated heterocycles. The van der Waals surface area contributed by atoms with Crippen LogP contribution in [0.3, 0.4) is 0 Å². The minimum Gasteiger partial charge on any atom is -0.0651 e. The Labute approximate surface area is 69.4 Å². The standard InChI is InChI=1S/C11H18/c1-3-8-4-5-11(8)7(2)9-6-10(9)11/h7-10H,3-6H2,1-2H3. The van der Waals surface area contributed by atoms with E-state index >= 15 is 0 Å². The molecule has 0 radical (unpaired) electrons. The van der Waals surface area contributed by atoms with Gasteiger partial charge in [0, 0.05) is 0 Å². The molecule has 3 aliphatic carbocycles. The average molecular weight is 150 g/mol. The molecule has 0 amide bonds. The molecule has 0 aromatic carbocycles. The van der Waals surface area contributed by atoms with Gasteiger partial charge in [0.2, 0.25) is 0 Å². The first-order chi connectivity index (χ1) is 5.30. The molecule has 62 valence electrons. The van der Waals surface area contributed by atoms with Crippen LogP contribution < -0.4 is 0 Å². The second-order valence-electron chi connectivity index (χ2n) is 5.05. The summed E-state index contributed by atoms with van der Waals surface area (Å²) in [7, 11) is 0. The van der Waals surface area contributed by atoms with Gasteiger partial charge in [-0.2, -0.15) is 0 Å². The second kappa shape index (κ2) is 1.67. The average Bonchev–Trinajstić information content (AvgIpc) is 2.63. The molecule has 0 aromatic rings. The van der Waals surface area contributed by atoms with E-state index in [1.807, 2.05) is 0 Å². The second-order valence-corrected chi connectivity index (χ2v) is 5.05. The fourth-order valence-electron chi connectivity index (χ4n) is 4.36. The van der Waals surface area contributed by atoms with Gasteiger partial charge in [-0.25, -0.2) is 0 Å². The highest BCUT2D eigenvalue weighted by molar-refractivity contribution is 5.21. The van der Waals surface area contributed by atoms with E-state index < -0.39 is 0 Å². The molecule has 0 N–H and O–H groups in total. The molecule has 11 heavy (non-hydrogen) atoms. The molecule has 0 bridgehead atoms. The third kappa shape index (κ3) is 0.494. The van der Waals surface area contributed by atoms with Gasteiger partial charge in [0.15, 0.2) is 0 Å². The van der Waals surface area contributed by atoms with Crippen molar-refractivity contribution >= 4 is 0 Å². The molecule has 0 aromatic heterocycles. The van der Waals surface area contributed by atoms with Crippen LogP contribution in [-0.2, 0) is 0 Å². The fourth-order valence-corrected chi connectivity index (χ4v) is 4.36. The Bertz CT molecular complexity index is 194. The van der Waals surface area contributed by atoms with Gasteiger partial charge in [-0.15, -0.1) is 0 Å². The number of rotatable bonds is 1. The smallest absolute Gasteiger partial charge is 0.0210 e. The van der Waals surface area contributed by atoms with Gasteiger partial charge in [0.05, 0.1) is 0 Å². The molecule has 5 unspecified atom stereocenters. The summed E-state index contributed by atoms with van der Waals surface area (Å²) in [5, 5.41) is 0. The van der Waals surface area contributed by atoms with Crippen LogP contribution in [0.25, 0.3) is 0 Å². The molecule has 0 aliphatic heterocycles. The van der Waals surface area contributed by atoms with Gasteiger partial charge in [-0.05, 0) is 48.3 Å². The van der Waals surface area contributed by atoms with Crippen molar-refractivity contribution in [2.24, 2.45) is 29.1 Å². The van der Waals surface area contributed by atoms with Gasteiger partial charge in [0.25, 0.3) is 0 Å². The van der Waals surface area contributed by atoms with Gasteiger partial charge >= 0.3 is 0 Å². The molecular formula is C11H18. The number of fused-ring (bicyclic) bond motifs is 2. The lowest BCUT2D eigenvalue weighted by Crippen LogP contribution is -2.54. The third-order valence-corrected chi connectivity index (χ3v) is 5.20. The first-order valence-electron chi connectivity index (χ1n) is 5.30. The van der Waals surface area contributed by atoms with Crippen LogP contribution in [0.5, 0.6) is 0 Å². The van der Waals surface area contributed by atoms with Gasteiger partial charge in [-0.3, -0.25) is 0 Å². The molecule has 3 aliphatic rings. The van der Waals surface area contributed by atoms with Crippen LogP contribution in [-0.4, -0.2) is 0 Å². The van der Waals surface area contributed by atoms with E-state index in [1.54, 1.807) is 19.3 Å². The maximum Gasteiger partial charge on any atom is -0.0210 e. The van der Waals surface area contributed by atoms with E-state index in [0.29, 0.717) is 0 Å². The van der Waals surface area contributed by atoms with Crippen molar-refractivity contribution in [1.82, 2.24) is 0 Å². The van der Waals surface area contributed by atoms with Gasteiger partial charge < -0.3 is 0 Å². The summed E-state index contributed by atoms with van der Waals surface area (Å²) in [6.45, 7) is 4.89. The summed E-state index contributed by atoms with van der Waals surface area (Å²) >= 11 is 0. The summed E-state index contributed by atoms with van der Waals surface area (Å²) in [4.78, 5) is 0. The largest absolute Gasteiger partial charge is 0.0651 e. The summed E-state index contributed by atoms with van der Waals surface area (Å²) < 4.78 is 0. The van der Waals surface area contributed by atoms with Crippen LogP contribution in [0.1, 0.15) is 39.5 Å². The minimum absolute atomic E-state index is 0.902. The van der Waals surface area contributed by atoms with E-state index in [2.05, 4.69) is 13.8 Å². The Balaban J connectivity index is 1.84. The van der Waals surface area contributed by atoms with E-state index in [-0.39, 0.29) is 0 Å². The van der Waals surface area contributed by atoms with Crippen molar-refractivity contribution in [1.29, 1.82) is 0 Å². The van der Waals surface area contributed by atoms with Gasteiger partial charge in [-0.1, -0.05) is 20.3 Å². The highest BCUT2D eigenvalue weighted by atomic mass is 14.8. The van der Waals surface area contributed by atoms with Crippen molar-refractivity contribution in [3.63, 3.8) is 0 Å². The van der Waals surface area contributed by atoms with Crippen LogP contribution in [0.2, 0.25) is 0 Å². The number of hydrogen-bond acceptors (Lipinski definition) is 0. The normalized spacial score (nSPS) is 64.9. The quantitative estimate of drug-likeness (QED) is 0.539. The first-order valence-corrected chi connectivity index (χ1v) is 5.30. The Morgan fingerprint density at radius 2 is 2.27 bits per heavy atom. The van der Waals surface area contributed by atoms with Crippen molar-refractivity contribution in [2.45, 2.75) is 39.5 Å². The van der Waals surface area contributed by atoms with Crippen LogP contribution in [0, 0.1) is 29.1 Å². The van der Waals surface area contributed by atoms with E-state index in [4.69, 9.17) is 0 Å². The first kappa shape index (κ1) is 6.51. The highest BCUT2D eigenvalue weighted by Crippen LogP contribution is 2.79. The third-order valence-electron chi connectivity index (χ3n) is 5.20. The van der Waals surface area contributed by atoms with E-state index in [9.17, 15) is 0 Å². The maximum absolute atomic E-state index is 2.51. The lowest BCUT2D eigenvalue weighted by atomic mass is 9.44. The monoisotopic (exact) mass is 150 g/mol. The maximum atomic E-state index is 2.51. The van der Waals surface area contributed by atoms with E-state index in [0.717, 1.165) is 17.3 Å². The van der Waals surface area contributed by atoms with Crippen molar-refractivity contribution in [3.8, 4) is 0 Å². The van der Waals surface area contributed by atoms with Crippen LogP contribution in [0.4, 0.5) is 0 Å². The summed E-state index contributed by atoms with van der Waals surface area (Å²) in [5.74, 6) is 4.62. The molecular weight excluding hydrogens is 132 g/mol. The van der Waals surface area contributed by atoms with Gasteiger partial charge in [0.1, 0.15) is 0 Å². The molecule has 0 heterocycles. The van der Waals surface area contributed by atoms with Crippen molar-refractivity contribution < 1.29 is 0 Å². The molecule has 3 fully saturated rings. The Hall–Kier alpha value is 0. The summed E-state index contributed by atoms with van der Waals surface area (Å²) in [5.41, 5.74) is 0.902. The predicted octanol–water partition coefficient (Wildman–Crippen LogP) is 3.08. The predicted molar refractivity (Wildman–Crippen MR) is 46.2 cm³/mol. The highest BCUT2D eigenvalue weighted by Gasteiger charge is 2.73. The Morgan fingerprint density at radius 1 is 1.45 bits per heavy atom. The van der Waals surface area contributed by atoms with Crippen LogP contribution in [0.15, 0.2) is 0 Å². The zero-order valence-corrected chi connectivity index (χ0v) is 7.64. The molecule has 1 spiro atoms. The lowest BCUT2D eigenvalue weighted by Gasteiger charge is -2.60. The molecule has 5 atom stereocenters. The van der Waals surface area contributed by atoms with E-state index in [1.165, 1.54) is 18.3 Å². The SMILES string of the molecule is CCC1CCC12C(C)C1CC12. The minimum atomic E-state index is 0.902. The Kier molecular flexibility index (Phi) is 0.990. The summed E-state index contributed by atoms with van der Waals surface area (Å²) in [6.07, 6.45) is 6.17. The lowest BCUT2D eigenvalue weighted by molar-refractivity contribution is -0.119. The molecule has 0 heteroatoms. The van der Waals surface area contributed by atoms with Crippen LogP contribution >= 0.6 is 0 Å². The van der Waals surface area contributed by atoms with Crippen molar-refractivity contribution in [3.05, 3.63) is 0 Å². The number of hydrogen-bond donors (Lipinski definition) is 0. The molecule has 3 rings (SSSR count). The van der Waals surface area contributed by atoms with Crippen molar-refractivity contribution in [2.75, 3.05) is 0 Å².